The van der Waals surface area contributed by atoms with Gasteiger partial charge in [-0.1, -0.05) is 6.58 Å². The monoisotopic (exact) mass is 845 g/mol. The zero-order valence-electron chi connectivity index (χ0n) is 22.2. The van der Waals surface area contributed by atoms with Gasteiger partial charge in [0.15, 0.2) is 11.3 Å². The number of phenols is 1. The molecule has 0 unspecified atom stereocenters. The fourth-order valence-electron chi connectivity index (χ4n) is 4.15. The van der Waals surface area contributed by atoms with Gasteiger partial charge < -0.3 is 34.2 Å². The van der Waals surface area contributed by atoms with Crippen molar-refractivity contribution in [1.29, 1.82) is 0 Å². The summed E-state index contributed by atoms with van der Waals surface area (Å²) in [7, 11) is 0. The summed E-state index contributed by atoms with van der Waals surface area (Å²) < 4.78 is 23.8. The topological polar surface area (TPSA) is 145 Å². The second-order valence-corrected chi connectivity index (χ2v) is 12.1. The molecule has 1 aliphatic heterocycles. The number of aromatic carboxylic acids is 1. The van der Waals surface area contributed by atoms with Crippen molar-refractivity contribution < 1.29 is 38.4 Å². The van der Waals surface area contributed by atoms with E-state index in [1.54, 1.807) is 24.3 Å². The molecule has 2 aromatic carbocycles. The first kappa shape index (κ1) is 33.1. The summed E-state index contributed by atoms with van der Waals surface area (Å²) in [6, 6.07) is 7.76. The van der Waals surface area contributed by atoms with E-state index in [-0.39, 0.29) is 60.6 Å². The Morgan fingerprint density at radius 3 is 2.33 bits per heavy atom. The summed E-state index contributed by atoms with van der Waals surface area (Å²) >= 11 is 13.3. The Labute approximate surface area is 278 Å². The quantitative estimate of drug-likeness (QED) is 0.0758. The molecule has 1 amide bonds. The number of carbonyl (C=O) groups is 2. The number of hydrogen-bond acceptors (Lipinski definition) is 8. The van der Waals surface area contributed by atoms with Gasteiger partial charge in [-0.25, -0.2) is 4.79 Å². The van der Waals surface area contributed by atoms with Gasteiger partial charge in [-0.05, 0) is 100 Å². The first-order chi connectivity index (χ1) is 20.5. The molecular formula is C29H23Br4NO9. The Hall–Kier alpha value is -2.75. The number of rotatable bonds is 13. The van der Waals surface area contributed by atoms with Crippen LogP contribution in [0, 0.1) is 0 Å². The zero-order valence-corrected chi connectivity index (χ0v) is 28.5. The number of hydrogen-bond donors (Lipinski definition) is 3. The predicted molar refractivity (Wildman–Crippen MR) is 174 cm³/mol. The lowest BCUT2D eigenvalue weighted by atomic mass is 9.90. The van der Waals surface area contributed by atoms with Gasteiger partial charge in [0.05, 0.1) is 40.9 Å². The number of aromatic hydroxyl groups is 1. The van der Waals surface area contributed by atoms with E-state index in [1.807, 2.05) is 0 Å². The third-order valence-electron chi connectivity index (χ3n) is 6.11. The van der Waals surface area contributed by atoms with E-state index in [9.17, 15) is 24.6 Å². The molecule has 0 saturated heterocycles. The Bertz CT molecular complexity index is 1740. The predicted octanol–water partition coefficient (Wildman–Crippen LogP) is 6.73. The molecule has 0 spiro atoms. The lowest BCUT2D eigenvalue weighted by Gasteiger charge is -2.20. The van der Waals surface area contributed by atoms with Crippen molar-refractivity contribution in [2.45, 2.75) is 0 Å². The minimum absolute atomic E-state index is 0.0161. The average Bonchev–Trinajstić information content (AvgIpc) is 2.98. The summed E-state index contributed by atoms with van der Waals surface area (Å²) in [6.07, 6.45) is 1.19. The van der Waals surface area contributed by atoms with E-state index in [0.29, 0.717) is 58.7 Å². The van der Waals surface area contributed by atoms with Gasteiger partial charge in [-0.15, -0.1) is 0 Å². The number of halogens is 4. The lowest BCUT2D eigenvalue weighted by molar-refractivity contribution is -0.116. The number of benzene rings is 3. The van der Waals surface area contributed by atoms with Crippen LogP contribution in [0.15, 0.2) is 70.1 Å². The Morgan fingerprint density at radius 1 is 0.930 bits per heavy atom. The Morgan fingerprint density at radius 2 is 1.63 bits per heavy atom. The molecule has 2 aromatic rings. The minimum atomic E-state index is -1.17. The standard InChI is InChI=1S/C29H23Br4NO9/c1-2-21(35)34-5-6-40-7-8-41-9-10-42-14-3-4-15(29(38)39)16(11-14)22-17-12-19(30)25(36)23(32)27(17)43-28-18(22)13-20(31)26(37)24(28)33/h2-4,11-13,36H,1,5-10H2,(H,34,35)(H,38,39). The second kappa shape index (κ2) is 14.8. The molecule has 1 heterocycles. The van der Waals surface area contributed by atoms with Crippen LogP contribution < -0.4 is 15.5 Å². The van der Waals surface area contributed by atoms with Crippen LogP contribution in [0.4, 0.5) is 0 Å². The van der Waals surface area contributed by atoms with Crippen molar-refractivity contribution in [2.24, 2.45) is 0 Å². The first-order valence-electron chi connectivity index (χ1n) is 12.6. The normalized spacial score (nSPS) is 11.2. The molecule has 226 valence electrons. The second-order valence-electron chi connectivity index (χ2n) is 8.83. The van der Waals surface area contributed by atoms with Crippen molar-refractivity contribution in [2.75, 3.05) is 39.6 Å². The van der Waals surface area contributed by atoms with E-state index in [0.717, 1.165) is 0 Å². The van der Waals surface area contributed by atoms with Crippen molar-refractivity contribution in [3.05, 3.63) is 76.7 Å². The maximum absolute atomic E-state index is 12.7. The van der Waals surface area contributed by atoms with Gasteiger partial charge in [-0.3, -0.25) is 9.59 Å². The third-order valence-corrected chi connectivity index (χ3v) is 8.76. The molecule has 0 bridgehead atoms. The molecule has 1 aliphatic carbocycles. The molecule has 14 heteroatoms. The number of ether oxygens (including phenoxy) is 3. The van der Waals surface area contributed by atoms with Crippen LogP contribution in [0.2, 0.25) is 0 Å². The molecule has 0 fully saturated rings. The van der Waals surface area contributed by atoms with Crippen LogP contribution in [-0.4, -0.2) is 61.7 Å². The van der Waals surface area contributed by atoms with Crippen molar-refractivity contribution in [3.8, 4) is 33.9 Å². The number of carboxylic acids is 1. The van der Waals surface area contributed by atoms with Gasteiger partial charge in [0, 0.05) is 28.6 Å². The van der Waals surface area contributed by atoms with Crippen molar-refractivity contribution in [3.63, 3.8) is 0 Å². The molecule has 0 radical (unpaired) electrons. The van der Waals surface area contributed by atoms with Crippen LogP contribution >= 0.6 is 63.7 Å². The summed E-state index contributed by atoms with van der Waals surface area (Å²) in [6.45, 7) is 5.14. The average molecular weight is 849 g/mol. The smallest absolute Gasteiger partial charge is 0.336 e. The lowest BCUT2D eigenvalue weighted by Crippen LogP contribution is -2.25. The van der Waals surface area contributed by atoms with E-state index >= 15 is 0 Å². The van der Waals surface area contributed by atoms with E-state index in [1.165, 1.54) is 12.1 Å². The minimum Gasteiger partial charge on any atom is -0.505 e. The first-order valence-corrected chi connectivity index (χ1v) is 15.7. The van der Waals surface area contributed by atoms with E-state index in [4.69, 9.17) is 18.6 Å². The van der Waals surface area contributed by atoms with Crippen LogP contribution in [0.1, 0.15) is 10.4 Å². The molecule has 4 rings (SSSR count). The van der Waals surface area contributed by atoms with E-state index < -0.39 is 5.97 Å². The molecular weight excluding hydrogens is 826 g/mol. The third kappa shape index (κ3) is 7.49. The highest BCUT2D eigenvalue weighted by atomic mass is 79.9. The van der Waals surface area contributed by atoms with Crippen LogP contribution in [0.5, 0.6) is 11.5 Å². The van der Waals surface area contributed by atoms with Crippen molar-refractivity contribution in [1.82, 2.24) is 5.32 Å². The van der Waals surface area contributed by atoms with Gasteiger partial charge >= 0.3 is 5.97 Å². The molecule has 0 saturated carbocycles. The van der Waals surface area contributed by atoms with Gasteiger partial charge in [0.2, 0.25) is 11.3 Å². The SMILES string of the molecule is C=CC(=O)NCCOCCOCCOc1ccc(C(=O)O)c(-c2c3cc(Br)c(=O)c(Br)c-3oc3c(Br)c(O)c(Br)cc23)c1. The fraction of sp³-hybridized carbons (Fsp3) is 0.207. The van der Waals surface area contributed by atoms with E-state index in [2.05, 4.69) is 75.6 Å². The van der Waals surface area contributed by atoms with Gasteiger partial charge in [-0.2, -0.15) is 0 Å². The highest BCUT2D eigenvalue weighted by Crippen LogP contribution is 2.49. The molecule has 10 nitrogen and oxygen atoms in total. The number of fused-ring (bicyclic) bond motifs is 2. The summed E-state index contributed by atoms with van der Waals surface area (Å²) in [4.78, 5) is 36.2. The maximum atomic E-state index is 12.7. The number of amides is 1. The fourth-order valence-corrected chi connectivity index (χ4v) is 6.55. The van der Waals surface area contributed by atoms with Crippen LogP contribution in [0.25, 0.3) is 33.4 Å². The van der Waals surface area contributed by atoms with Crippen LogP contribution in [0.3, 0.4) is 0 Å². The Balaban J connectivity index is 1.63. The molecule has 0 atom stereocenters. The van der Waals surface area contributed by atoms with Gasteiger partial charge in [0.1, 0.15) is 27.1 Å². The zero-order chi connectivity index (χ0) is 31.3. The van der Waals surface area contributed by atoms with Gasteiger partial charge in [0.25, 0.3) is 0 Å². The summed E-state index contributed by atoms with van der Waals surface area (Å²) in [5.41, 5.74) is 1.02. The van der Waals surface area contributed by atoms with Crippen LogP contribution in [-0.2, 0) is 14.3 Å². The molecule has 2 aliphatic rings. The number of carboxylic acid groups (broad SMARTS) is 1. The summed E-state index contributed by atoms with van der Waals surface area (Å²) in [5, 5.41) is 23.7. The number of phenolic OH excluding ortho intramolecular Hbond substituents is 1. The number of nitrogens with one attached hydrogen (secondary N) is 1. The molecule has 0 aromatic heterocycles. The molecule has 3 N–H and O–H groups in total. The summed E-state index contributed by atoms with van der Waals surface area (Å²) in [5.74, 6) is -1.02. The maximum Gasteiger partial charge on any atom is 0.336 e. The van der Waals surface area contributed by atoms with Crippen molar-refractivity contribution >= 4 is 86.6 Å². The highest BCUT2D eigenvalue weighted by Gasteiger charge is 2.28. The molecule has 43 heavy (non-hydrogen) atoms. The Kier molecular flexibility index (Phi) is 11.4. The highest BCUT2D eigenvalue weighted by molar-refractivity contribution is 9.11. The largest absolute Gasteiger partial charge is 0.505 e. The number of carbonyl (C=O) groups excluding carboxylic acids is 1.